The predicted octanol–water partition coefficient (Wildman–Crippen LogP) is 2.13. The normalized spacial score (nSPS) is 12.9. The largest absolute Gasteiger partial charge is 0.486 e. The summed E-state index contributed by atoms with van der Waals surface area (Å²) in [6, 6.07) is 3.92. The second-order valence-electron chi connectivity index (χ2n) is 4.42. The summed E-state index contributed by atoms with van der Waals surface area (Å²) in [7, 11) is 1.40. The predicted molar refractivity (Wildman–Crippen MR) is 71.9 cm³/mol. The Morgan fingerprint density at radius 3 is 2.68 bits per heavy atom. The minimum atomic E-state index is -0.180. The minimum absolute atomic E-state index is 0.180. The van der Waals surface area contributed by atoms with E-state index in [1.807, 2.05) is 19.1 Å². The lowest BCUT2D eigenvalue weighted by atomic mass is 10.1. The number of rotatable bonds is 5. The molecule has 0 spiro atoms. The Balaban J connectivity index is 1.91. The van der Waals surface area contributed by atoms with Gasteiger partial charge in [0.15, 0.2) is 11.5 Å². The van der Waals surface area contributed by atoms with Crippen LogP contribution in [0.3, 0.4) is 0 Å². The van der Waals surface area contributed by atoms with Crippen molar-refractivity contribution in [1.82, 2.24) is 0 Å². The second kappa shape index (κ2) is 6.31. The molecule has 0 fully saturated rings. The molecular weight excluding hydrogens is 246 g/mol. The van der Waals surface area contributed by atoms with Crippen molar-refractivity contribution in [1.29, 1.82) is 0 Å². The molecule has 0 amide bonds. The highest BCUT2D eigenvalue weighted by molar-refractivity contribution is 5.69. The smallest absolute Gasteiger partial charge is 0.305 e. The van der Waals surface area contributed by atoms with Crippen molar-refractivity contribution < 1.29 is 19.0 Å². The number of anilines is 1. The van der Waals surface area contributed by atoms with E-state index < -0.39 is 0 Å². The average Bonchev–Trinajstić information content (AvgIpc) is 2.43. The molecule has 0 saturated carbocycles. The highest BCUT2D eigenvalue weighted by atomic mass is 16.6. The fourth-order valence-electron chi connectivity index (χ4n) is 1.94. The molecule has 0 saturated heterocycles. The summed E-state index contributed by atoms with van der Waals surface area (Å²) in [6.07, 6.45) is 1.16. The summed E-state index contributed by atoms with van der Waals surface area (Å²) >= 11 is 0. The van der Waals surface area contributed by atoms with Gasteiger partial charge in [-0.05, 0) is 25.0 Å². The number of carbonyl (C=O) groups is 1. The summed E-state index contributed by atoms with van der Waals surface area (Å²) in [5, 5.41) is 3.30. The van der Waals surface area contributed by atoms with Crippen molar-refractivity contribution >= 4 is 11.7 Å². The van der Waals surface area contributed by atoms with Crippen molar-refractivity contribution in [3.63, 3.8) is 0 Å². The summed E-state index contributed by atoms with van der Waals surface area (Å²) in [5.74, 6) is 1.39. The van der Waals surface area contributed by atoms with E-state index in [0.717, 1.165) is 35.7 Å². The third kappa shape index (κ3) is 3.53. The molecule has 1 aliphatic heterocycles. The maximum Gasteiger partial charge on any atom is 0.305 e. The molecule has 0 unspecified atom stereocenters. The molecule has 5 nitrogen and oxygen atoms in total. The van der Waals surface area contributed by atoms with Crippen molar-refractivity contribution in [2.45, 2.75) is 19.8 Å². The molecule has 5 heteroatoms. The van der Waals surface area contributed by atoms with E-state index in [-0.39, 0.29) is 5.97 Å². The molecule has 19 heavy (non-hydrogen) atoms. The molecule has 104 valence electrons. The van der Waals surface area contributed by atoms with Crippen LogP contribution in [0.2, 0.25) is 0 Å². The number of hydrogen-bond acceptors (Lipinski definition) is 5. The van der Waals surface area contributed by atoms with Gasteiger partial charge in [-0.15, -0.1) is 0 Å². The maximum absolute atomic E-state index is 11.0. The lowest BCUT2D eigenvalue weighted by Gasteiger charge is -2.20. The Morgan fingerprint density at radius 1 is 1.32 bits per heavy atom. The zero-order chi connectivity index (χ0) is 13.7. The molecule has 1 aliphatic rings. The van der Waals surface area contributed by atoms with E-state index in [1.54, 1.807) is 0 Å². The van der Waals surface area contributed by atoms with Gasteiger partial charge in [0, 0.05) is 24.7 Å². The molecular formula is C14H19NO4. The standard InChI is InChI=1S/C14H19NO4/c1-10-8-12-13(19-7-6-18-12)9-11(10)15-5-3-4-14(16)17-2/h8-9,15H,3-7H2,1-2H3. The zero-order valence-corrected chi connectivity index (χ0v) is 11.3. The van der Waals surface area contributed by atoms with Crippen LogP contribution in [0.5, 0.6) is 11.5 Å². The number of methoxy groups -OCH3 is 1. The number of aryl methyl sites for hydroxylation is 1. The highest BCUT2D eigenvalue weighted by Gasteiger charge is 2.13. The Morgan fingerprint density at radius 2 is 2.00 bits per heavy atom. The Kier molecular flexibility index (Phi) is 4.49. The van der Waals surface area contributed by atoms with Crippen molar-refractivity contribution in [3.05, 3.63) is 17.7 Å². The maximum atomic E-state index is 11.0. The van der Waals surface area contributed by atoms with Gasteiger partial charge in [0.25, 0.3) is 0 Å². The first kappa shape index (κ1) is 13.5. The van der Waals surface area contributed by atoms with Gasteiger partial charge in [0.2, 0.25) is 0 Å². The Bertz CT molecular complexity index is 459. The Hall–Kier alpha value is -1.91. The quantitative estimate of drug-likeness (QED) is 0.653. The summed E-state index contributed by atoms with van der Waals surface area (Å²) in [5.41, 5.74) is 2.11. The zero-order valence-electron chi connectivity index (χ0n) is 11.3. The number of esters is 1. The molecule has 0 radical (unpaired) electrons. The molecule has 0 atom stereocenters. The van der Waals surface area contributed by atoms with Crippen LogP contribution >= 0.6 is 0 Å². The van der Waals surface area contributed by atoms with Gasteiger partial charge in [-0.2, -0.15) is 0 Å². The molecule has 0 bridgehead atoms. The van der Waals surface area contributed by atoms with E-state index in [0.29, 0.717) is 19.6 Å². The van der Waals surface area contributed by atoms with Gasteiger partial charge in [-0.1, -0.05) is 0 Å². The van der Waals surface area contributed by atoms with Crippen molar-refractivity contribution in [2.24, 2.45) is 0 Å². The second-order valence-corrected chi connectivity index (χ2v) is 4.42. The van der Waals surface area contributed by atoms with Gasteiger partial charge in [0.05, 0.1) is 7.11 Å². The number of carbonyl (C=O) groups excluding carboxylic acids is 1. The third-order valence-corrected chi connectivity index (χ3v) is 2.99. The number of hydrogen-bond donors (Lipinski definition) is 1. The lowest BCUT2D eigenvalue weighted by molar-refractivity contribution is -0.140. The van der Waals surface area contributed by atoms with Crippen LogP contribution in [0.25, 0.3) is 0 Å². The summed E-state index contributed by atoms with van der Waals surface area (Å²) in [4.78, 5) is 11.0. The Labute approximate surface area is 112 Å². The van der Waals surface area contributed by atoms with E-state index in [4.69, 9.17) is 9.47 Å². The minimum Gasteiger partial charge on any atom is -0.486 e. The first-order valence-electron chi connectivity index (χ1n) is 6.41. The van der Waals surface area contributed by atoms with Crippen LogP contribution in [0.4, 0.5) is 5.69 Å². The van der Waals surface area contributed by atoms with Gasteiger partial charge < -0.3 is 19.5 Å². The first-order valence-corrected chi connectivity index (χ1v) is 6.41. The topological polar surface area (TPSA) is 56.8 Å². The van der Waals surface area contributed by atoms with Gasteiger partial charge in [-0.3, -0.25) is 4.79 Å². The van der Waals surface area contributed by atoms with E-state index >= 15 is 0 Å². The molecule has 1 aromatic rings. The SMILES string of the molecule is COC(=O)CCCNc1cc2c(cc1C)OCCO2. The van der Waals surface area contributed by atoms with Gasteiger partial charge in [0.1, 0.15) is 13.2 Å². The average molecular weight is 265 g/mol. The fraction of sp³-hybridized carbons (Fsp3) is 0.500. The molecule has 2 rings (SSSR count). The van der Waals surface area contributed by atoms with E-state index in [9.17, 15) is 4.79 Å². The van der Waals surface area contributed by atoms with Crippen molar-refractivity contribution in [3.8, 4) is 11.5 Å². The van der Waals surface area contributed by atoms with Crippen LogP contribution in [0.1, 0.15) is 18.4 Å². The van der Waals surface area contributed by atoms with E-state index in [2.05, 4.69) is 10.1 Å². The van der Waals surface area contributed by atoms with Gasteiger partial charge in [-0.25, -0.2) is 0 Å². The monoisotopic (exact) mass is 265 g/mol. The van der Waals surface area contributed by atoms with Crippen molar-refractivity contribution in [2.75, 3.05) is 32.2 Å². The van der Waals surface area contributed by atoms with Crippen LogP contribution in [-0.2, 0) is 9.53 Å². The van der Waals surface area contributed by atoms with Crippen LogP contribution in [0, 0.1) is 6.92 Å². The fourth-order valence-corrected chi connectivity index (χ4v) is 1.94. The molecule has 0 aromatic heterocycles. The summed E-state index contributed by atoms with van der Waals surface area (Å²) < 4.78 is 15.7. The molecule has 1 N–H and O–H groups in total. The van der Waals surface area contributed by atoms with Crippen LogP contribution in [-0.4, -0.2) is 32.8 Å². The third-order valence-electron chi connectivity index (χ3n) is 2.99. The number of ether oxygens (including phenoxy) is 3. The highest BCUT2D eigenvalue weighted by Crippen LogP contribution is 2.35. The van der Waals surface area contributed by atoms with E-state index in [1.165, 1.54) is 7.11 Å². The number of fused-ring (bicyclic) bond motifs is 1. The summed E-state index contributed by atoms with van der Waals surface area (Å²) in [6.45, 7) is 3.91. The number of nitrogens with one attached hydrogen (secondary N) is 1. The number of benzene rings is 1. The first-order chi connectivity index (χ1) is 9.20. The van der Waals surface area contributed by atoms with Crippen LogP contribution in [0.15, 0.2) is 12.1 Å². The molecule has 1 aromatic carbocycles. The lowest BCUT2D eigenvalue weighted by Crippen LogP contribution is -2.16. The van der Waals surface area contributed by atoms with Crippen LogP contribution < -0.4 is 14.8 Å². The van der Waals surface area contributed by atoms with Gasteiger partial charge >= 0.3 is 5.97 Å². The molecule has 0 aliphatic carbocycles. The molecule has 1 heterocycles.